The average molecular weight is 184 g/mol. The van der Waals surface area contributed by atoms with Crippen molar-refractivity contribution in [1.29, 1.82) is 0 Å². The van der Waals surface area contributed by atoms with Gasteiger partial charge >= 0.3 is 0 Å². The van der Waals surface area contributed by atoms with Gasteiger partial charge in [0.15, 0.2) is 0 Å². The van der Waals surface area contributed by atoms with Crippen molar-refractivity contribution in [2.75, 3.05) is 13.7 Å². The molecule has 0 aliphatic heterocycles. The monoisotopic (exact) mass is 184 g/mol. The van der Waals surface area contributed by atoms with Crippen LogP contribution in [0.2, 0.25) is 0 Å². The zero-order valence-corrected chi connectivity index (χ0v) is 7.80. The van der Waals surface area contributed by atoms with E-state index in [1.807, 2.05) is 0 Å². The third-order valence-corrected chi connectivity index (χ3v) is 1.94. The van der Waals surface area contributed by atoms with Crippen molar-refractivity contribution in [3.63, 3.8) is 0 Å². The van der Waals surface area contributed by atoms with Crippen LogP contribution in [0.1, 0.15) is 11.1 Å². The Labute approximate surface area is 77.0 Å². The minimum Gasteiger partial charge on any atom is -0.496 e. The third-order valence-electron chi connectivity index (χ3n) is 1.94. The largest absolute Gasteiger partial charge is 0.496 e. The lowest BCUT2D eigenvalue weighted by atomic mass is 10.1. The van der Waals surface area contributed by atoms with E-state index in [-0.39, 0.29) is 12.4 Å². The molecule has 0 bridgehead atoms. The van der Waals surface area contributed by atoms with Crippen LogP contribution in [0.4, 0.5) is 4.39 Å². The number of benzene rings is 1. The van der Waals surface area contributed by atoms with Gasteiger partial charge in [-0.25, -0.2) is 4.39 Å². The van der Waals surface area contributed by atoms with E-state index < -0.39 is 0 Å². The number of hydrogen-bond donors (Lipinski definition) is 1. The van der Waals surface area contributed by atoms with Gasteiger partial charge in [-0.1, -0.05) is 0 Å². The van der Waals surface area contributed by atoms with Crippen molar-refractivity contribution in [1.82, 2.24) is 0 Å². The van der Waals surface area contributed by atoms with Gasteiger partial charge < -0.3 is 9.84 Å². The van der Waals surface area contributed by atoms with Crippen LogP contribution in [0.15, 0.2) is 12.1 Å². The van der Waals surface area contributed by atoms with E-state index >= 15 is 0 Å². The standard InChI is InChI=1S/C10H13FO2/c1-7-5-10(13-2)8(3-4-12)6-9(7)11/h5-6,12H,3-4H2,1-2H3. The van der Waals surface area contributed by atoms with Gasteiger partial charge in [-0.15, -0.1) is 0 Å². The van der Waals surface area contributed by atoms with E-state index in [1.54, 1.807) is 13.0 Å². The fourth-order valence-electron chi connectivity index (χ4n) is 1.20. The molecule has 0 spiro atoms. The molecule has 0 aliphatic rings. The number of ether oxygens (including phenoxy) is 1. The number of hydrogen-bond acceptors (Lipinski definition) is 2. The molecule has 0 fully saturated rings. The molecule has 0 aliphatic carbocycles. The second-order valence-corrected chi connectivity index (χ2v) is 2.89. The molecule has 72 valence electrons. The molecule has 0 amide bonds. The highest BCUT2D eigenvalue weighted by Gasteiger charge is 2.06. The van der Waals surface area contributed by atoms with E-state index in [0.29, 0.717) is 23.3 Å². The quantitative estimate of drug-likeness (QED) is 0.774. The predicted octanol–water partition coefficient (Wildman–Crippen LogP) is 1.68. The molecule has 13 heavy (non-hydrogen) atoms. The molecule has 0 saturated heterocycles. The minimum atomic E-state index is -0.260. The van der Waals surface area contributed by atoms with Gasteiger partial charge in [-0.2, -0.15) is 0 Å². The van der Waals surface area contributed by atoms with Crippen molar-refractivity contribution in [2.24, 2.45) is 0 Å². The van der Waals surface area contributed by atoms with Crippen LogP contribution < -0.4 is 4.74 Å². The number of aliphatic hydroxyl groups is 1. The summed E-state index contributed by atoms with van der Waals surface area (Å²) in [4.78, 5) is 0. The summed E-state index contributed by atoms with van der Waals surface area (Å²) in [6.45, 7) is 1.68. The average Bonchev–Trinajstić information content (AvgIpc) is 2.11. The van der Waals surface area contributed by atoms with E-state index in [9.17, 15) is 4.39 Å². The first-order valence-corrected chi connectivity index (χ1v) is 4.13. The molecule has 0 saturated carbocycles. The Morgan fingerprint density at radius 2 is 2.15 bits per heavy atom. The molecule has 3 heteroatoms. The van der Waals surface area contributed by atoms with Gasteiger partial charge in [-0.05, 0) is 36.6 Å². The van der Waals surface area contributed by atoms with Crippen LogP contribution in [-0.4, -0.2) is 18.8 Å². The second kappa shape index (κ2) is 4.23. The highest BCUT2D eigenvalue weighted by molar-refractivity contribution is 5.38. The maximum absolute atomic E-state index is 13.1. The Morgan fingerprint density at radius 3 is 2.69 bits per heavy atom. The Hall–Kier alpha value is -1.09. The van der Waals surface area contributed by atoms with Gasteiger partial charge in [-0.3, -0.25) is 0 Å². The first-order chi connectivity index (χ1) is 6.19. The smallest absolute Gasteiger partial charge is 0.126 e. The van der Waals surface area contributed by atoms with Crippen molar-refractivity contribution >= 4 is 0 Å². The molecule has 0 unspecified atom stereocenters. The Kier molecular flexibility index (Phi) is 3.25. The number of aliphatic hydroxyl groups excluding tert-OH is 1. The normalized spacial score (nSPS) is 10.2. The summed E-state index contributed by atoms with van der Waals surface area (Å²) < 4.78 is 18.1. The highest BCUT2D eigenvalue weighted by atomic mass is 19.1. The maximum Gasteiger partial charge on any atom is 0.126 e. The van der Waals surface area contributed by atoms with Crippen LogP contribution in [-0.2, 0) is 6.42 Å². The van der Waals surface area contributed by atoms with Crippen molar-refractivity contribution in [3.05, 3.63) is 29.1 Å². The minimum absolute atomic E-state index is 0.00113. The Balaban J connectivity index is 3.09. The van der Waals surface area contributed by atoms with E-state index in [2.05, 4.69) is 0 Å². The van der Waals surface area contributed by atoms with E-state index in [0.717, 1.165) is 0 Å². The number of methoxy groups -OCH3 is 1. The van der Waals surface area contributed by atoms with Gasteiger partial charge in [0, 0.05) is 6.61 Å². The SMILES string of the molecule is COc1cc(C)c(F)cc1CCO. The molecule has 0 radical (unpaired) electrons. The fraction of sp³-hybridized carbons (Fsp3) is 0.400. The Bertz CT molecular complexity index is 297. The lowest BCUT2D eigenvalue weighted by molar-refractivity contribution is 0.296. The zero-order chi connectivity index (χ0) is 9.84. The number of halogens is 1. The third kappa shape index (κ3) is 2.18. The van der Waals surface area contributed by atoms with Crippen LogP contribution >= 0.6 is 0 Å². The maximum atomic E-state index is 13.1. The second-order valence-electron chi connectivity index (χ2n) is 2.89. The molecular formula is C10H13FO2. The molecule has 1 N–H and O–H groups in total. The van der Waals surface area contributed by atoms with E-state index in [4.69, 9.17) is 9.84 Å². The highest BCUT2D eigenvalue weighted by Crippen LogP contribution is 2.22. The van der Waals surface area contributed by atoms with E-state index in [1.165, 1.54) is 13.2 Å². The van der Waals surface area contributed by atoms with Gasteiger partial charge in [0.1, 0.15) is 11.6 Å². The summed E-state index contributed by atoms with van der Waals surface area (Å²) >= 11 is 0. The molecular weight excluding hydrogens is 171 g/mol. The van der Waals surface area contributed by atoms with Crippen molar-refractivity contribution in [3.8, 4) is 5.75 Å². The van der Waals surface area contributed by atoms with Crippen molar-refractivity contribution in [2.45, 2.75) is 13.3 Å². The fourth-order valence-corrected chi connectivity index (χ4v) is 1.20. The molecule has 0 atom stereocenters. The predicted molar refractivity (Wildman–Crippen MR) is 48.5 cm³/mol. The van der Waals surface area contributed by atoms with Gasteiger partial charge in [0.05, 0.1) is 7.11 Å². The molecule has 0 aromatic heterocycles. The Morgan fingerprint density at radius 1 is 1.46 bits per heavy atom. The molecule has 1 rings (SSSR count). The number of aryl methyl sites for hydroxylation is 1. The number of rotatable bonds is 3. The summed E-state index contributed by atoms with van der Waals surface area (Å²) in [5.74, 6) is 0.372. The lowest BCUT2D eigenvalue weighted by Gasteiger charge is -2.08. The zero-order valence-electron chi connectivity index (χ0n) is 7.80. The molecule has 0 heterocycles. The van der Waals surface area contributed by atoms with Crippen molar-refractivity contribution < 1.29 is 14.2 Å². The first-order valence-electron chi connectivity index (χ1n) is 4.13. The topological polar surface area (TPSA) is 29.5 Å². The van der Waals surface area contributed by atoms with Crippen LogP contribution in [0.25, 0.3) is 0 Å². The van der Waals surface area contributed by atoms with Crippen LogP contribution in [0.3, 0.4) is 0 Å². The molecule has 1 aromatic carbocycles. The summed E-state index contributed by atoms with van der Waals surface area (Å²) in [6.07, 6.45) is 0.417. The summed E-state index contributed by atoms with van der Waals surface area (Å²) in [6, 6.07) is 3.05. The summed E-state index contributed by atoms with van der Waals surface area (Å²) in [5.41, 5.74) is 1.26. The summed E-state index contributed by atoms with van der Waals surface area (Å²) in [7, 11) is 1.54. The van der Waals surface area contributed by atoms with Crippen LogP contribution in [0, 0.1) is 12.7 Å². The van der Waals surface area contributed by atoms with Crippen LogP contribution in [0.5, 0.6) is 5.75 Å². The van der Waals surface area contributed by atoms with Gasteiger partial charge in [0.25, 0.3) is 0 Å². The first kappa shape index (κ1) is 9.99. The molecule has 2 nitrogen and oxygen atoms in total. The lowest BCUT2D eigenvalue weighted by Crippen LogP contribution is -1.98. The molecule has 1 aromatic rings. The summed E-state index contributed by atoms with van der Waals surface area (Å²) in [5, 5.41) is 8.72. The van der Waals surface area contributed by atoms with Gasteiger partial charge in [0.2, 0.25) is 0 Å².